The predicted octanol–water partition coefficient (Wildman–Crippen LogP) is 3.03. The van der Waals surface area contributed by atoms with Gasteiger partial charge in [0.05, 0.1) is 0 Å². The van der Waals surface area contributed by atoms with E-state index >= 15 is 0 Å². The van der Waals surface area contributed by atoms with E-state index in [1.54, 1.807) is 0 Å². The van der Waals surface area contributed by atoms with Gasteiger partial charge in [-0.15, -0.1) is 0 Å². The van der Waals surface area contributed by atoms with Crippen molar-refractivity contribution in [2.45, 2.75) is 78.4 Å². The summed E-state index contributed by atoms with van der Waals surface area (Å²) >= 11 is 0. The molecule has 0 saturated heterocycles. The van der Waals surface area contributed by atoms with Gasteiger partial charge >= 0.3 is 0 Å². The third kappa shape index (κ3) is 3.32. The molecule has 1 N–H and O–H groups in total. The van der Waals surface area contributed by atoms with Gasteiger partial charge in [-0.05, 0) is 57.1 Å². The first kappa shape index (κ1) is 15.3. The van der Waals surface area contributed by atoms with Gasteiger partial charge in [-0.1, -0.05) is 13.8 Å². The SMILES string of the molecule is CCCn1c2c(cc(CNC(C)CC)c1=O)CCCC2. The van der Waals surface area contributed by atoms with Crippen LogP contribution in [0.3, 0.4) is 0 Å². The van der Waals surface area contributed by atoms with E-state index in [1.807, 2.05) is 4.57 Å². The molecule has 112 valence electrons. The average molecular weight is 276 g/mol. The van der Waals surface area contributed by atoms with E-state index < -0.39 is 0 Å². The van der Waals surface area contributed by atoms with Crippen LogP contribution < -0.4 is 10.9 Å². The van der Waals surface area contributed by atoms with Gasteiger partial charge in [0.2, 0.25) is 0 Å². The Morgan fingerprint density at radius 2 is 2.05 bits per heavy atom. The minimum Gasteiger partial charge on any atom is -0.312 e. The monoisotopic (exact) mass is 276 g/mol. The molecule has 2 rings (SSSR count). The summed E-state index contributed by atoms with van der Waals surface area (Å²) in [5.41, 5.74) is 3.88. The first-order valence-corrected chi connectivity index (χ1v) is 8.15. The van der Waals surface area contributed by atoms with Gasteiger partial charge in [0, 0.05) is 30.4 Å². The Hall–Kier alpha value is -1.09. The van der Waals surface area contributed by atoms with Crippen molar-refractivity contribution < 1.29 is 0 Å². The van der Waals surface area contributed by atoms with E-state index in [4.69, 9.17) is 0 Å². The molecule has 20 heavy (non-hydrogen) atoms. The predicted molar refractivity (Wildman–Crippen MR) is 84.2 cm³/mol. The lowest BCUT2D eigenvalue weighted by Crippen LogP contribution is -2.33. The van der Waals surface area contributed by atoms with Gasteiger partial charge in [-0.2, -0.15) is 0 Å². The van der Waals surface area contributed by atoms with Gasteiger partial charge in [-0.25, -0.2) is 0 Å². The van der Waals surface area contributed by atoms with Crippen molar-refractivity contribution in [3.8, 4) is 0 Å². The number of nitrogens with zero attached hydrogens (tertiary/aromatic N) is 1. The van der Waals surface area contributed by atoms with Crippen LogP contribution >= 0.6 is 0 Å². The smallest absolute Gasteiger partial charge is 0.255 e. The van der Waals surface area contributed by atoms with Crippen LogP contribution in [0.4, 0.5) is 0 Å². The van der Waals surface area contributed by atoms with Gasteiger partial charge < -0.3 is 9.88 Å². The maximum absolute atomic E-state index is 12.7. The summed E-state index contributed by atoms with van der Waals surface area (Å²) in [5, 5.41) is 3.45. The van der Waals surface area contributed by atoms with E-state index in [9.17, 15) is 4.79 Å². The first-order chi connectivity index (χ1) is 9.67. The summed E-state index contributed by atoms with van der Waals surface area (Å²) in [7, 11) is 0. The second-order valence-electron chi connectivity index (χ2n) is 6.00. The standard InChI is InChI=1S/C17H28N2O/c1-4-10-19-16-9-7-6-8-14(16)11-15(17(19)20)12-18-13(3)5-2/h11,13,18H,4-10,12H2,1-3H3. The first-order valence-electron chi connectivity index (χ1n) is 8.15. The molecule has 0 fully saturated rings. The summed E-state index contributed by atoms with van der Waals surface area (Å²) in [6, 6.07) is 2.63. The molecule has 1 aromatic heterocycles. The molecule has 1 aromatic rings. The van der Waals surface area contributed by atoms with Crippen LogP contribution in [0.25, 0.3) is 0 Å². The van der Waals surface area contributed by atoms with E-state index in [-0.39, 0.29) is 5.56 Å². The summed E-state index contributed by atoms with van der Waals surface area (Å²) in [5.74, 6) is 0. The molecule has 3 nitrogen and oxygen atoms in total. The highest BCUT2D eigenvalue weighted by atomic mass is 16.1. The number of aryl methyl sites for hydroxylation is 1. The number of rotatable bonds is 6. The molecule has 0 aromatic carbocycles. The fraction of sp³-hybridized carbons (Fsp3) is 0.706. The maximum Gasteiger partial charge on any atom is 0.255 e. The Balaban J connectivity index is 2.32. The van der Waals surface area contributed by atoms with E-state index in [1.165, 1.54) is 24.1 Å². The molecule has 1 atom stereocenters. The van der Waals surface area contributed by atoms with Crippen molar-refractivity contribution >= 4 is 0 Å². The van der Waals surface area contributed by atoms with Crippen LogP contribution in [0.5, 0.6) is 0 Å². The zero-order valence-electron chi connectivity index (χ0n) is 13.2. The Labute approximate surface area is 122 Å². The molecule has 0 radical (unpaired) electrons. The van der Waals surface area contributed by atoms with Crippen molar-refractivity contribution in [1.82, 2.24) is 9.88 Å². The highest BCUT2D eigenvalue weighted by Gasteiger charge is 2.17. The Morgan fingerprint density at radius 3 is 2.75 bits per heavy atom. The number of pyridine rings is 1. The number of nitrogens with one attached hydrogen (secondary N) is 1. The molecule has 1 heterocycles. The molecule has 1 aliphatic rings. The lowest BCUT2D eigenvalue weighted by molar-refractivity contribution is 0.519. The molecule has 3 heteroatoms. The summed E-state index contributed by atoms with van der Waals surface area (Å²) < 4.78 is 2.04. The zero-order valence-corrected chi connectivity index (χ0v) is 13.2. The van der Waals surface area contributed by atoms with Gasteiger partial charge in [0.1, 0.15) is 0 Å². The molecule has 0 amide bonds. The third-order valence-electron chi connectivity index (χ3n) is 4.38. The van der Waals surface area contributed by atoms with Crippen molar-refractivity contribution in [3.63, 3.8) is 0 Å². The Morgan fingerprint density at radius 1 is 1.30 bits per heavy atom. The molecule has 1 unspecified atom stereocenters. The number of aromatic nitrogens is 1. The molecule has 1 aliphatic carbocycles. The van der Waals surface area contributed by atoms with E-state index in [0.29, 0.717) is 12.6 Å². The van der Waals surface area contributed by atoms with Crippen LogP contribution in [0, 0.1) is 0 Å². The molecule has 0 saturated carbocycles. The Kier molecular flexibility index (Phi) is 5.41. The van der Waals surface area contributed by atoms with Crippen LogP contribution in [-0.2, 0) is 25.9 Å². The highest BCUT2D eigenvalue weighted by molar-refractivity contribution is 5.29. The second-order valence-corrected chi connectivity index (χ2v) is 6.00. The number of hydrogen-bond donors (Lipinski definition) is 1. The lowest BCUT2D eigenvalue weighted by Gasteiger charge is -2.23. The van der Waals surface area contributed by atoms with Crippen molar-refractivity contribution in [1.29, 1.82) is 0 Å². The van der Waals surface area contributed by atoms with Crippen LogP contribution in [0.15, 0.2) is 10.9 Å². The molecule has 0 aliphatic heterocycles. The molecular weight excluding hydrogens is 248 g/mol. The number of fused-ring (bicyclic) bond motifs is 1. The van der Waals surface area contributed by atoms with Crippen LogP contribution in [0.1, 0.15) is 63.3 Å². The van der Waals surface area contributed by atoms with Crippen molar-refractivity contribution in [2.75, 3.05) is 0 Å². The van der Waals surface area contributed by atoms with Crippen LogP contribution in [-0.4, -0.2) is 10.6 Å². The van der Waals surface area contributed by atoms with Crippen molar-refractivity contribution in [2.24, 2.45) is 0 Å². The van der Waals surface area contributed by atoms with Crippen molar-refractivity contribution in [3.05, 3.63) is 33.2 Å². The fourth-order valence-electron chi connectivity index (χ4n) is 2.96. The van der Waals surface area contributed by atoms with Gasteiger partial charge in [0.15, 0.2) is 0 Å². The maximum atomic E-state index is 12.7. The van der Waals surface area contributed by atoms with Gasteiger partial charge in [0.25, 0.3) is 5.56 Å². The van der Waals surface area contributed by atoms with E-state index in [2.05, 4.69) is 32.2 Å². The summed E-state index contributed by atoms with van der Waals surface area (Å²) in [4.78, 5) is 12.7. The number of hydrogen-bond acceptors (Lipinski definition) is 2. The molecular formula is C17H28N2O. The minimum absolute atomic E-state index is 0.225. The normalized spacial score (nSPS) is 15.9. The third-order valence-corrected chi connectivity index (χ3v) is 4.38. The van der Waals surface area contributed by atoms with Gasteiger partial charge in [-0.3, -0.25) is 4.79 Å². The summed E-state index contributed by atoms with van der Waals surface area (Å²) in [6.07, 6.45) is 6.80. The lowest BCUT2D eigenvalue weighted by atomic mass is 9.94. The zero-order chi connectivity index (χ0) is 14.5. The fourth-order valence-corrected chi connectivity index (χ4v) is 2.96. The summed E-state index contributed by atoms with van der Waals surface area (Å²) in [6.45, 7) is 8.04. The molecule has 0 bridgehead atoms. The minimum atomic E-state index is 0.225. The van der Waals surface area contributed by atoms with Crippen LogP contribution in [0.2, 0.25) is 0 Å². The molecule has 0 spiro atoms. The topological polar surface area (TPSA) is 34.0 Å². The largest absolute Gasteiger partial charge is 0.312 e. The van der Waals surface area contributed by atoms with E-state index in [0.717, 1.165) is 37.8 Å². The second kappa shape index (κ2) is 7.07. The quantitative estimate of drug-likeness (QED) is 0.866. The average Bonchev–Trinajstić information content (AvgIpc) is 2.48. The Bertz CT molecular complexity index is 504. The highest BCUT2D eigenvalue weighted by Crippen LogP contribution is 2.21.